The Labute approximate surface area is 384 Å². The van der Waals surface area contributed by atoms with Gasteiger partial charge in [-0.2, -0.15) is 0 Å². The summed E-state index contributed by atoms with van der Waals surface area (Å²) >= 11 is 0. The quantitative estimate of drug-likeness (QED) is 0.145. The molecule has 2 nitrogen and oxygen atoms in total. The smallest absolute Gasteiger partial charge is 0.0547 e. The fraction of sp³-hybridized carbons (Fsp3) is 0.0312. The summed E-state index contributed by atoms with van der Waals surface area (Å²) in [6.07, 6.45) is 8.08. The van der Waals surface area contributed by atoms with Crippen LogP contribution < -0.4 is 4.90 Å². The average molecular weight is 841 g/mol. The zero-order chi connectivity index (χ0) is 43.6. The van der Waals surface area contributed by atoms with E-state index in [2.05, 4.69) is 258 Å². The van der Waals surface area contributed by atoms with Crippen LogP contribution >= 0.6 is 0 Å². The van der Waals surface area contributed by atoms with Gasteiger partial charge in [-0.3, -0.25) is 0 Å². The molecule has 11 aromatic carbocycles. The lowest BCUT2D eigenvalue weighted by Crippen LogP contribution is -2.17. The van der Waals surface area contributed by atoms with Gasteiger partial charge in [-0.25, -0.2) is 0 Å². The van der Waals surface area contributed by atoms with Gasteiger partial charge in [0.05, 0.1) is 11.0 Å². The molecule has 1 aromatic heterocycles. The number of para-hydroxylation sites is 2. The highest BCUT2D eigenvalue weighted by Crippen LogP contribution is 2.42. The molecule has 1 heterocycles. The highest BCUT2D eigenvalue weighted by Gasteiger charge is 2.21. The molecule has 13 rings (SSSR count). The van der Waals surface area contributed by atoms with Crippen molar-refractivity contribution in [2.45, 2.75) is 12.3 Å². The van der Waals surface area contributed by atoms with E-state index in [-0.39, 0.29) is 5.92 Å². The van der Waals surface area contributed by atoms with Gasteiger partial charge in [-0.1, -0.05) is 188 Å². The van der Waals surface area contributed by atoms with Crippen molar-refractivity contribution in [3.8, 4) is 27.9 Å². The molecule has 0 amide bonds. The van der Waals surface area contributed by atoms with E-state index >= 15 is 0 Å². The van der Waals surface area contributed by atoms with Crippen LogP contribution in [0.5, 0.6) is 0 Å². The van der Waals surface area contributed by atoms with E-state index in [0.717, 1.165) is 23.5 Å². The van der Waals surface area contributed by atoms with Crippen molar-refractivity contribution in [2.75, 3.05) is 4.90 Å². The van der Waals surface area contributed by atoms with Crippen molar-refractivity contribution in [1.29, 1.82) is 0 Å². The first-order chi connectivity index (χ1) is 32.7. The predicted octanol–water partition coefficient (Wildman–Crippen LogP) is 17.5. The zero-order valence-electron chi connectivity index (χ0n) is 36.4. The third kappa shape index (κ3) is 6.41. The summed E-state index contributed by atoms with van der Waals surface area (Å²) < 4.78 is 2.39. The maximum absolute atomic E-state index is 2.44. The van der Waals surface area contributed by atoms with Crippen molar-refractivity contribution >= 4 is 76.3 Å². The molecule has 310 valence electrons. The second-order valence-electron chi connectivity index (χ2n) is 17.6. The number of hydrogen-bond donors (Lipinski definition) is 0. The number of aromatic nitrogens is 1. The van der Waals surface area contributed by atoms with Crippen LogP contribution in [0.25, 0.3) is 92.8 Å². The van der Waals surface area contributed by atoms with Crippen molar-refractivity contribution in [3.05, 3.63) is 260 Å². The number of benzene rings is 11. The molecule has 0 N–H and O–H groups in total. The van der Waals surface area contributed by atoms with E-state index < -0.39 is 0 Å². The van der Waals surface area contributed by atoms with Crippen LogP contribution in [0.1, 0.15) is 17.9 Å². The first-order valence-corrected chi connectivity index (χ1v) is 23.0. The van der Waals surface area contributed by atoms with Gasteiger partial charge in [0.1, 0.15) is 0 Å². The van der Waals surface area contributed by atoms with E-state index in [1.54, 1.807) is 0 Å². The van der Waals surface area contributed by atoms with Crippen LogP contribution in [0.15, 0.2) is 254 Å². The van der Waals surface area contributed by atoms with Gasteiger partial charge in [0.15, 0.2) is 0 Å². The molecule has 0 spiro atoms. The fourth-order valence-corrected chi connectivity index (χ4v) is 10.7. The summed E-state index contributed by atoms with van der Waals surface area (Å²) in [6.45, 7) is 0. The molecule has 0 radical (unpaired) electrons. The van der Waals surface area contributed by atoms with Gasteiger partial charge in [0.25, 0.3) is 0 Å². The summed E-state index contributed by atoms with van der Waals surface area (Å²) in [7, 11) is 0. The number of rotatable bonds is 7. The molecule has 0 aliphatic heterocycles. The second kappa shape index (κ2) is 15.7. The van der Waals surface area contributed by atoms with Crippen molar-refractivity contribution in [3.63, 3.8) is 0 Å². The van der Waals surface area contributed by atoms with Crippen LogP contribution in [0.2, 0.25) is 0 Å². The molecule has 0 saturated heterocycles. The molecule has 0 saturated carbocycles. The summed E-state index contributed by atoms with van der Waals surface area (Å²) in [4.78, 5) is 2.44. The van der Waals surface area contributed by atoms with Crippen LogP contribution in [-0.2, 0) is 0 Å². The van der Waals surface area contributed by atoms with Crippen LogP contribution in [-0.4, -0.2) is 4.57 Å². The van der Waals surface area contributed by atoms with Crippen LogP contribution in [0, 0.1) is 0 Å². The molecule has 0 bridgehead atoms. The first kappa shape index (κ1) is 38.0. The number of nitrogens with zero attached hydrogens (tertiary/aromatic N) is 2. The SMILES string of the molecule is C1=CC(c2ccc3c(ccc4ccccc43)c2)CC=C1N(c1cccc(-c2cccc(-c3cccc4c3c3ccccc3n4-c3ccccc3)c2)c1)c1ccc2c(ccc3ccccc32)c1. The van der Waals surface area contributed by atoms with Crippen LogP contribution in [0.3, 0.4) is 0 Å². The van der Waals surface area contributed by atoms with Gasteiger partial charge in [0.2, 0.25) is 0 Å². The minimum atomic E-state index is 0.287. The fourth-order valence-electron chi connectivity index (χ4n) is 10.7. The molecule has 66 heavy (non-hydrogen) atoms. The lowest BCUT2D eigenvalue weighted by Gasteiger charge is -2.30. The van der Waals surface area contributed by atoms with E-state index in [9.17, 15) is 0 Å². The Bertz CT molecular complexity index is 3930. The lowest BCUT2D eigenvalue weighted by atomic mass is 9.89. The Morgan fingerprint density at radius 1 is 0.394 bits per heavy atom. The van der Waals surface area contributed by atoms with E-state index in [4.69, 9.17) is 0 Å². The molecule has 2 heteroatoms. The summed E-state index contributed by atoms with van der Waals surface area (Å²) in [5.41, 5.74) is 13.1. The molecule has 1 aliphatic rings. The largest absolute Gasteiger partial charge is 0.311 e. The molecule has 1 unspecified atom stereocenters. The predicted molar refractivity (Wildman–Crippen MR) is 281 cm³/mol. The Hall–Kier alpha value is -8.46. The summed E-state index contributed by atoms with van der Waals surface area (Å²) in [6, 6.07) is 84.8. The molecule has 1 aliphatic carbocycles. The first-order valence-electron chi connectivity index (χ1n) is 23.0. The normalized spacial score (nSPS) is 13.9. The molecular formula is C64H44N2. The lowest BCUT2D eigenvalue weighted by molar-refractivity contribution is 0.841. The van der Waals surface area contributed by atoms with Gasteiger partial charge in [-0.05, 0) is 138 Å². The zero-order valence-corrected chi connectivity index (χ0v) is 36.4. The number of hydrogen-bond acceptors (Lipinski definition) is 1. The highest BCUT2D eigenvalue weighted by molar-refractivity contribution is 6.16. The average Bonchev–Trinajstić information content (AvgIpc) is 3.74. The highest BCUT2D eigenvalue weighted by atomic mass is 15.1. The van der Waals surface area contributed by atoms with Crippen molar-refractivity contribution < 1.29 is 0 Å². The minimum Gasteiger partial charge on any atom is -0.311 e. The van der Waals surface area contributed by atoms with Crippen LogP contribution in [0.4, 0.5) is 11.4 Å². The topological polar surface area (TPSA) is 8.17 Å². The number of fused-ring (bicyclic) bond motifs is 9. The summed E-state index contributed by atoms with van der Waals surface area (Å²) in [5.74, 6) is 0.287. The molecule has 12 aromatic rings. The van der Waals surface area contributed by atoms with E-state index in [1.807, 2.05) is 0 Å². The van der Waals surface area contributed by atoms with Crippen molar-refractivity contribution in [2.24, 2.45) is 0 Å². The van der Waals surface area contributed by atoms with Gasteiger partial charge in [0, 0.05) is 39.4 Å². The third-order valence-corrected chi connectivity index (χ3v) is 13.8. The molecule has 1 atom stereocenters. The Morgan fingerprint density at radius 3 is 1.76 bits per heavy atom. The summed E-state index contributed by atoms with van der Waals surface area (Å²) in [5, 5.41) is 12.7. The van der Waals surface area contributed by atoms with Gasteiger partial charge < -0.3 is 9.47 Å². The molecule has 0 fully saturated rings. The monoisotopic (exact) mass is 840 g/mol. The number of allylic oxidation sites excluding steroid dienone is 3. The second-order valence-corrected chi connectivity index (χ2v) is 17.6. The maximum Gasteiger partial charge on any atom is 0.0547 e. The maximum atomic E-state index is 2.44. The van der Waals surface area contributed by atoms with Crippen molar-refractivity contribution in [1.82, 2.24) is 4.57 Å². The van der Waals surface area contributed by atoms with E-state index in [0.29, 0.717) is 0 Å². The van der Waals surface area contributed by atoms with Gasteiger partial charge in [-0.15, -0.1) is 0 Å². The van der Waals surface area contributed by atoms with E-state index in [1.165, 1.54) is 98.4 Å². The third-order valence-electron chi connectivity index (χ3n) is 13.8. The number of anilines is 2. The Kier molecular flexibility index (Phi) is 9.02. The minimum absolute atomic E-state index is 0.287. The Balaban J connectivity index is 0.896. The Morgan fingerprint density at radius 2 is 0.985 bits per heavy atom. The molecular weight excluding hydrogens is 797 g/mol. The standard InChI is InChI=1S/C64H44N2/c1-2-18-52(19-3-1)66-62-25-9-8-23-61(62)64-60(24-12-26-63(64)66)49-17-10-15-46(39-49)47-16-11-20-54(41-47)65(55-36-38-59-51(42-55)30-28-45-14-5-7-22-57(45)59)53-34-31-43(32-35-53)48-33-37-58-50(40-48)29-27-44-13-4-6-21-56(44)58/h1-31,33-43H,32H2. The van der Waals surface area contributed by atoms with Gasteiger partial charge >= 0.3 is 0 Å².